The van der Waals surface area contributed by atoms with Crippen LogP contribution in [-0.4, -0.2) is 51.7 Å². The standard InChI is InChI=1S/C25H37O8PS/c1-4-31-34(27,32-5-2)18-17-23(26)13-14-24(20-30-19-22-9-7-6-8-10-22)33-35(28,29)25-15-11-21(3)12-16-25/h6-12,15-16,23-24,26H,4-5,13-14,17-20H2,1-3H3. The third kappa shape index (κ3) is 10.9. The third-order valence-electron chi connectivity index (χ3n) is 5.20. The lowest BCUT2D eigenvalue weighted by Gasteiger charge is -2.21. The van der Waals surface area contributed by atoms with Crippen LogP contribution in [0, 0.1) is 6.92 Å². The van der Waals surface area contributed by atoms with Crippen LogP contribution in [0.2, 0.25) is 0 Å². The van der Waals surface area contributed by atoms with Gasteiger partial charge in [-0.3, -0.25) is 8.75 Å². The second-order valence-corrected chi connectivity index (χ2v) is 11.9. The molecule has 0 aromatic heterocycles. The van der Waals surface area contributed by atoms with Gasteiger partial charge in [0, 0.05) is 0 Å². The van der Waals surface area contributed by atoms with Gasteiger partial charge in [-0.05, 0) is 57.7 Å². The van der Waals surface area contributed by atoms with Crippen LogP contribution in [0.25, 0.3) is 0 Å². The topological polar surface area (TPSA) is 108 Å². The molecule has 0 radical (unpaired) electrons. The molecule has 10 heteroatoms. The van der Waals surface area contributed by atoms with E-state index in [1.54, 1.807) is 26.0 Å². The van der Waals surface area contributed by atoms with Crippen molar-refractivity contribution in [3.63, 3.8) is 0 Å². The molecule has 0 amide bonds. The first-order chi connectivity index (χ1) is 16.7. The zero-order valence-corrected chi connectivity index (χ0v) is 22.4. The molecule has 0 aliphatic heterocycles. The molecule has 0 bridgehead atoms. The van der Waals surface area contributed by atoms with Crippen LogP contribution in [0.15, 0.2) is 59.5 Å². The molecule has 0 aliphatic carbocycles. The molecule has 0 heterocycles. The highest BCUT2D eigenvalue weighted by atomic mass is 32.2. The molecule has 0 spiro atoms. The lowest BCUT2D eigenvalue weighted by Crippen LogP contribution is -2.26. The van der Waals surface area contributed by atoms with E-state index in [1.807, 2.05) is 37.3 Å². The number of hydrogen-bond acceptors (Lipinski definition) is 8. The van der Waals surface area contributed by atoms with Crippen LogP contribution in [0.5, 0.6) is 0 Å². The van der Waals surface area contributed by atoms with Crippen LogP contribution in [0.1, 0.15) is 44.2 Å². The molecular weight excluding hydrogens is 491 g/mol. The molecule has 0 fully saturated rings. The Kier molecular flexibility index (Phi) is 12.6. The predicted octanol–water partition coefficient (Wildman–Crippen LogP) is 5.08. The molecule has 2 rings (SSSR count). The molecule has 196 valence electrons. The summed E-state index contributed by atoms with van der Waals surface area (Å²) in [5.41, 5.74) is 1.89. The largest absolute Gasteiger partial charge is 0.393 e. The van der Waals surface area contributed by atoms with Gasteiger partial charge in [0.2, 0.25) is 0 Å². The van der Waals surface area contributed by atoms with E-state index in [0.717, 1.165) is 11.1 Å². The van der Waals surface area contributed by atoms with Crippen molar-refractivity contribution >= 4 is 17.7 Å². The van der Waals surface area contributed by atoms with Crippen LogP contribution in [0.3, 0.4) is 0 Å². The van der Waals surface area contributed by atoms with Crippen molar-refractivity contribution < 1.29 is 36.1 Å². The highest BCUT2D eigenvalue weighted by molar-refractivity contribution is 7.86. The maximum absolute atomic E-state index is 12.8. The molecule has 1 N–H and O–H groups in total. The normalized spacial score (nSPS) is 14.1. The summed E-state index contributed by atoms with van der Waals surface area (Å²) in [6.45, 7) is 6.16. The van der Waals surface area contributed by atoms with Crippen LogP contribution in [0.4, 0.5) is 0 Å². The third-order valence-corrected chi connectivity index (χ3v) is 8.68. The van der Waals surface area contributed by atoms with Crippen molar-refractivity contribution in [3.8, 4) is 0 Å². The van der Waals surface area contributed by atoms with E-state index in [-0.39, 0.29) is 50.1 Å². The maximum atomic E-state index is 12.8. The SMILES string of the molecule is CCOP(=O)(CCC(O)CCC(COCc1ccccc1)OS(=O)(=O)c1ccc(C)cc1)OCC. The number of aryl methyl sites for hydroxylation is 1. The van der Waals surface area contributed by atoms with E-state index in [0.29, 0.717) is 6.61 Å². The quantitative estimate of drug-likeness (QED) is 0.224. The Labute approximate surface area is 209 Å². The number of ether oxygens (including phenoxy) is 1. The average Bonchev–Trinajstić information content (AvgIpc) is 2.82. The van der Waals surface area contributed by atoms with Crippen LogP contribution in [-0.2, 0) is 39.3 Å². The molecule has 35 heavy (non-hydrogen) atoms. The second-order valence-electron chi connectivity index (χ2n) is 8.18. The molecule has 0 aliphatic rings. The van der Waals surface area contributed by atoms with Gasteiger partial charge in [-0.2, -0.15) is 8.42 Å². The number of aliphatic hydroxyl groups is 1. The van der Waals surface area contributed by atoms with Gasteiger partial charge in [0.25, 0.3) is 10.1 Å². The smallest absolute Gasteiger partial charge is 0.330 e. The summed E-state index contributed by atoms with van der Waals surface area (Å²) in [7, 11) is -7.28. The fourth-order valence-corrected chi connectivity index (χ4v) is 6.20. The fraction of sp³-hybridized carbons (Fsp3) is 0.520. The van der Waals surface area contributed by atoms with Crippen molar-refractivity contribution in [2.75, 3.05) is 26.0 Å². The molecule has 8 nitrogen and oxygen atoms in total. The highest BCUT2D eigenvalue weighted by Crippen LogP contribution is 2.48. The molecular formula is C25H37O8PS. The second kappa shape index (κ2) is 14.9. The van der Waals surface area contributed by atoms with Gasteiger partial charge in [-0.1, -0.05) is 48.0 Å². The summed E-state index contributed by atoms with van der Waals surface area (Å²) in [5, 5.41) is 10.5. The van der Waals surface area contributed by atoms with Gasteiger partial charge in [-0.25, -0.2) is 0 Å². The summed E-state index contributed by atoms with van der Waals surface area (Å²) < 4.78 is 60.0. The zero-order chi connectivity index (χ0) is 25.7. The Balaban J connectivity index is 1.99. The van der Waals surface area contributed by atoms with E-state index < -0.39 is 29.9 Å². The van der Waals surface area contributed by atoms with E-state index in [2.05, 4.69) is 0 Å². The monoisotopic (exact) mass is 528 g/mol. The number of hydrogen-bond donors (Lipinski definition) is 1. The Morgan fingerprint density at radius 3 is 2.14 bits per heavy atom. The van der Waals surface area contributed by atoms with Crippen molar-refractivity contribution in [2.45, 2.75) is 63.7 Å². The molecule has 2 atom stereocenters. The summed E-state index contributed by atoms with van der Waals surface area (Å²) >= 11 is 0. The van der Waals surface area contributed by atoms with Gasteiger partial charge >= 0.3 is 7.60 Å². The Morgan fingerprint density at radius 1 is 0.914 bits per heavy atom. The van der Waals surface area contributed by atoms with Gasteiger partial charge in [-0.15, -0.1) is 0 Å². The van der Waals surface area contributed by atoms with Gasteiger partial charge in [0.15, 0.2) is 0 Å². The van der Waals surface area contributed by atoms with Gasteiger partial charge < -0.3 is 18.9 Å². The average molecular weight is 529 g/mol. The predicted molar refractivity (Wildman–Crippen MR) is 135 cm³/mol. The number of benzene rings is 2. The Morgan fingerprint density at radius 2 is 1.54 bits per heavy atom. The Hall–Kier alpha value is -1.58. The first-order valence-electron chi connectivity index (χ1n) is 11.8. The lowest BCUT2D eigenvalue weighted by atomic mass is 10.1. The first kappa shape index (κ1) is 29.6. The molecule has 2 unspecified atom stereocenters. The van der Waals surface area contributed by atoms with Gasteiger partial charge in [0.05, 0.1) is 43.6 Å². The summed E-state index contributed by atoms with van der Waals surface area (Å²) in [5.74, 6) is 0. The van der Waals surface area contributed by atoms with Crippen molar-refractivity contribution in [3.05, 3.63) is 65.7 Å². The minimum absolute atomic E-state index is 0.0308. The van der Waals surface area contributed by atoms with Crippen molar-refractivity contribution in [1.29, 1.82) is 0 Å². The fourth-order valence-electron chi connectivity index (χ4n) is 3.37. The maximum Gasteiger partial charge on any atom is 0.330 e. The molecule has 2 aromatic rings. The van der Waals surface area contributed by atoms with Crippen LogP contribution >= 0.6 is 7.60 Å². The minimum Gasteiger partial charge on any atom is -0.393 e. The number of rotatable bonds is 17. The molecule has 2 aromatic carbocycles. The molecule has 0 saturated carbocycles. The minimum atomic E-state index is -4.02. The summed E-state index contributed by atoms with van der Waals surface area (Å²) in [4.78, 5) is 0.0612. The van der Waals surface area contributed by atoms with E-state index in [9.17, 15) is 18.1 Å². The summed E-state index contributed by atoms with van der Waals surface area (Å²) in [6.07, 6.45) is -0.889. The Bertz CT molecular complexity index is 1000. The van der Waals surface area contributed by atoms with E-state index >= 15 is 0 Å². The number of aliphatic hydroxyl groups excluding tert-OH is 1. The summed E-state index contributed by atoms with van der Waals surface area (Å²) in [6, 6.07) is 15.9. The van der Waals surface area contributed by atoms with E-state index in [4.69, 9.17) is 18.0 Å². The van der Waals surface area contributed by atoms with Crippen molar-refractivity contribution in [2.24, 2.45) is 0 Å². The highest BCUT2D eigenvalue weighted by Gasteiger charge is 2.26. The first-order valence-corrected chi connectivity index (χ1v) is 15.0. The lowest BCUT2D eigenvalue weighted by molar-refractivity contribution is 0.0318. The zero-order valence-electron chi connectivity index (χ0n) is 20.7. The molecule has 0 saturated heterocycles. The van der Waals surface area contributed by atoms with Crippen molar-refractivity contribution in [1.82, 2.24) is 0 Å². The van der Waals surface area contributed by atoms with E-state index in [1.165, 1.54) is 12.1 Å². The van der Waals surface area contributed by atoms with Crippen LogP contribution < -0.4 is 0 Å². The van der Waals surface area contributed by atoms with Gasteiger partial charge in [0.1, 0.15) is 6.10 Å².